The highest BCUT2D eigenvalue weighted by Gasteiger charge is 2.45. The molecule has 1 spiro atoms. The van der Waals surface area contributed by atoms with Crippen LogP contribution in [0.1, 0.15) is 28.8 Å². The van der Waals surface area contributed by atoms with Gasteiger partial charge in [0.05, 0.1) is 23.1 Å². The molecule has 1 aromatic carbocycles. The van der Waals surface area contributed by atoms with Crippen molar-refractivity contribution in [3.8, 4) is 0 Å². The average molecular weight is 429 g/mol. The summed E-state index contributed by atoms with van der Waals surface area (Å²) in [6, 6.07) is 2.39. The van der Waals surface area contributed by atoms with Crippen molar-refractivity contribution in [2.45, 2.75) is 23.9 Å². The zero-order valence-corrected chi connectivity index (χ0v) is 16.1. The van der Waals surface area contributed by atoms with E-state index >= 15 is 0 Å². The lowest BCUT2D eigenvalue weighted by atomic mass is 9.87. The van der Waals surface area contributed by atoms with Gasteiger partial charge in [0.1, 0.15) is 0 Å². The maximum Gasteiger partial charge on any atom is 0.417 e. The van der Waals surface area contributed by atoms with E-state index in [2.05, 4.69) is 10.1 Å². The molecule has 0 radical (unpaired) electrons. The number of esters is 1. The monoisotopic (exact) mass is 428 g/mol. The largest absolute Gasteiger partial charge is 0.465 e. The Morgan fingerprint density at radius 1 is 1.30 bits per heavy atom. The van der Waals surface area contributed by atoms with Crippen molar-refractivity contribution in [2.75, 3.05) is 33.3 Å². The van der Waals surface area contributed by atoms with Crippen molar-refractivity contribution >= 4 is 28.4 Å². The van der Waals surface area contributed by atoms with Crippen LogP contribution in [0.2, 0.25) is 0 Å². The van der Waals surface area contributed by atoms with Gasteiger partial charge in [-0.15, -0.1) is 12.4 Å². The Morgan fingerprint density at radius 2 is 2.00 bits per heavy atom. The highest BCUT2D eigenvalue weighted by molar-refractivity contribution is 7.89. The number of hydrogen-bond donors (Lipinski definition) is 1. The Morgan fingerprint density at radius 3 is 2.56 bits per heavy atom. The normalized spacial score (nSPS) is 23.4. The summed E-state index contributed by atoms with van der Waals surface area (Å²) in [5, 5.41) is 3.20. The summed E-state index contributed by atoms with van der Waals surface area (Å²) in [5.41, 5.74) is -2.18. The van der Waals surface area contributed by atoms with Crippen LogP contribution in [0.5, 0.6) is 0 Å². The summed E-state index contributed by atoms with van der Waals surface area (Å²) in [4.78, 5) is 11.1. The maximum atomic E-state index is 13.3. The first-order valence-corrected chi connectivity index (χ1v) is 9.54. The quantitative estimate of drug-likeness (QED) is 0.747. The number of alkyl halides is 3. The lowest BCUT2D eigenvalue weighted by molar-refractivity contribution is -0.138. The Bertz CT molecular complexity index is 823. The number of sulfonamides is 1. The number of halogens is 4. The smallest absolute Gasteiger partial charge is 0.417 e. The second kappa shape index (κ2) is 7.57. The molecule has 152 valence electrons. The van der Waals surface area contributed by atoms with E-state index in [0.29, 0.717) is 19.0 Å². The van der Waals surface area contributed by atoms with Gasteiger partial charge in [0.15, 0.2) is 0 Å². The molecule has 2 heterocycles. The third kappa shape index (κ3) is 4.08. The predicted molar refractivity (Wildman–Crippen MR) is 93.3 cm³/mol. The van der Waals surface area contributed by atoms with Gasteiger partial charge in [0, 0.05) is 19.6 Å². The SMILES string of the molecule is COC(=O)c1ccc(S(=O)(=O)N2CCC3(CCNC3)C2)cc1C(F)(F)F.Cl. The van der Waals surface area contributed by atoms with Crippen LogP contribution in [-0.4, -0.2) is 52.0 Å². The van der Waals surface area contributed by atoms with Gasteiger partial charge in [-0.2, -0.15) is 17.5 Å². The minimum atomic E-state index is -4.88. The van der Waals surface area contributed by atoms with Gasteiger partial charge < -0.3 is 10.1 Å². The highest BCUT2D eigenvalue weighted by atomic mass is 35.5. The molecular weight excluding hydrogens is 409 g/mol. The van der Waals surface area contributed by atoms with E-state index in [4.69, 9.17) is 0 Å². The summed E-state index contributed by atoms with van der Waals surface area (Å²) in [6.07, 6.45) is -3.36. The van der Waals surface area contributed by atoms with E-state index in [1.54, 1.807) is 0 Å². The second-order valence-corrected chi connectivity index (χ2v) is 8.65. The Labute approximate surface area is 161 Å². The standard InChI is InChI=1S/C16H19F3N2O4S.ClH/c1-25-14(22)12-3-2-11(8-13(12)16(17,18)19)26(23,24)21-7-5-15(10-21)4-6-20-9-15;/h2-3,8,20H,4-7,9-10H2,1H3;1H. The van der Waals surface area contributed by atoms with E-state index in [0.717, 1.165) is 32.2 Å². The number of benzene rings is 1. The van der Waals surface area contributed by atoms with Crippen LogP contribution in [-0.2, 0) is 20.9 Å². The molecule has 1 atom stereocenters. The van der Waals surface area contributed by atoms with E-state index in [9.17, 15) is 26.4 Å². The van der Waals surface area contributed by atoms with Gasteiger partial charge in [0.25, 0.3) is 0 Å². The van der Waals surface area contributed by atoms with Gasteiger partial charge in [-0.25, -0.2) is 13.2 Å². The molecule has 0 aromatic heterocycles. The molecule has 27 heavy (non-hydrogen) atoms. The maximum absolute atomic E-state index is 13.3. The molecule has 2 saturated heterocycles. The number of rotatable bonds is 3. The lowest BCUT2D eigenvalue weighted by Crippen LogP contribution is -2.33. The first-order chi connectivity index (χ1) is 12.1. The molecule has 2 fully saturated rings. The zero-order valence-electron chi connectivity index (χ0n) is 14.5. The van der Waals surface area contributed by atoms with Crippen LogP contribution >= 0.6 is 12.4 Å². The fourth-order valence-electron chi connectivity index (χ4n) is 3.60. The molecule has 0 saturated carbocycles. The fraction of sp³-hybridized carbons (Fsp3) is 0.562. The van der Waals surface area contributed by atoms with Gasteiger partial charge >= 0.3 is 12.1 Å². The van der Waals surface area contributed by atoms with Crippen molar-refractivity contribution in [2.24, 2.45) is 5.41 Å². The molecule has 2 aliphatic rings. The average Bonchev–Trinajstić information content (AvgIpc) is 3.23. The first-order valence-electron chi connectivity index (χ1n) is 8.10. The zero-order chi connectivity index (χ0) is 19.2. The van der Waals surface area contributed by atoms with Gasteiger partial charge in [-0.05, 0) is 43.0 Å². The number of hydrogen-bond acceptors (Lipinski definition) is 5. The van der Waals surface area contributed by atoms with Crippen molar-refractivity contribution in [3.05, 3.63) is 29.3 Å². The van der Waals surface area contributed by atoms with Crippen molar-refractivity contribution in [1.82, 2.24) is 9.62 Å². The third-order valence-corrected chi connectivity index (χ3v) is 6.92. The minimum Gasteiger partial charge on any atom is -0.465 e. The van der Waals surface area contributed by atoms with E-state index in [-0.39, 0.29) is 30.9 Å². The number of methoxy groups -OCH3 is 1. The number of nitrogens with one attached hydrogen (secondary N) is 1. The number of carbonyl (C=O) groups excluding carboxylic acids is 1. The highest BCUT2D eigenvalue weighted by Crippen LogP contribution is 2.39. The molecule has 0 aliphatic carbocycles. The van der Waals surface area contributed by atoms with E-state index in [1.165, 1.54) is 4.31 Å². The van der Waals surface area contributed by atoms with Crippen LogP contribution in [0.3, 0.4) is 0 Å². The third-order valence-electron chi connectivity index (χ3n) is 5.07. The fourth-order valence-corrected chi connectivity index (χ4v) is 5.18. The molecule has 2 aliphatic heterocycles. The van der Waals surface area contributed by atoms with Crippen molar-refractivity contribution < 1.29 is 31.1 Å². The summed E-state index contributed by atoms with van der Waals surface area (Å²) >= 11 is 0. The van der Waals surface area contributed by atoms with Crippen LogP contribution in [0, 0.1) is 5.41 Å². The first kappa shape index (κ1) is 21.9. The van der Waals surface area contributed by atoms with Gasteiger partial charge in [-0.3, -0.25) is 0 Å². The van der Waals surface area contributed by atoms with Crippen molar-refractivity contribution in [1.29, 1.82) is 0 Å². The lowest BCUT2D eigenvalue weighted by Gasteiger charge is -2.23. The molecule has 11 heteroatoms. The summed E-state index contributed by atoms with van der Waals surface area (Å²) in [7, 11) is -3.12. The summed E-state index contributed by atoms with van der Waals surface area (Å²) in [6.45, 7) is 2.06. The number of nitrogens with zero attached hydrogens (tertiary/aromatic N) is 1. The predicted octanol–water partition coefficient (Wildman–Crippen LogP) is 2.29. The summed E-state index contributed by atoms with van der Waals surface area (Å²) in [5.74, 6) is -1.17. The Hall–Kier alpha value is -1.36. The van der Waals surface area contributed by atoms with E-state index in [1.807, 2.05) is 0 Å². The molecule has 1 unspecified atom stereocenters. The van der Waals surface area contributed by atoms with Crippen LogP contribution in [0.25, 0.3) is 0 Å². The molecule has 3 rings (SSSR count). The van der Waals surface area contributed by atoms with E-state index < -0.39 is 38.2 Å². The Kier molecular flexibility index (Phi) is 6.15. The van der Waals surface area contributed by atoms with Crippen LogP contribution in [0.15, 0.2) is 23.1 Å². The minimum absolute atomic E-state index is 0. The molecule has 0 bridgehead atoms. The Balaban J connectivity index is 0.00000261. The molecule has 6 nitrogen and oxygen atoms in total. The number of ether oxygens (including phenoxy) is 1. The van der Waals surface area contributed by atoms with Crippen LogP contribution < -0.4 is 5.32 Å². The van der Waals surface area contributed by atoms with Crippen LogP contribution in [0.4, 0.5) is 13.2 Å². The molecule has 0 amide bonds. The molecule has 1 aromatic rings. The van der Waals surface area contributed by atoms with Crippen molar-refractivity contribution in [3.63, 3.8) is 0 Å². The van der Waals surface area contributed by atoms with Gasteiger partial charge in [0.2, 0.25) is 10.0 Å². The second-order valence-electron chi connectivity index (χ2n) is 6.71. The number of carbonyl (C=O) groups is 1. The molecular formula is C16H20ClF3N2O4S. The summed E-state index contributed by atoms with van der Waals surface area (Å²) < 4.78 is 71.2. The topological polar surface area (TPSA) is 75.7 Å². The van der Waals surface area contributed by atoms with Gasteiger partial charge in [-0.1, -0.05) is 0 Å². The molecule has 1 N–H and O–H groups in total.